The molecule has 0 saturated heterocycles. The second kappa shape index (κ2) is 8.12. The highest BCUT2D eigenvalue weighted by Gasteiger charge is 2.16. The summed E-state index contributed by atoms with van der Waals surface area (Å²) >= 11 is 0. The van der Waals surface area contributed by atoms with Gasteiger partial charge in [-0.15, -0.1) is 0 Å². The fraction of sp³-hybridized carbons (Fsp3) is 1.00. The highest BCUT2D eigenvalue weighted by molar-refractivity contribution is 4.70. The van der Waals surface area contributed by atoms with Crippen molar-refractivity contribution in [3.05, 3.63) is 0 Å². The van der Waals surface area contributed by atoms with Crippen LogP contribution in [-0.4, -0.2) is 26.7 Å². The Morgan fingerprint density at radius 1 is 0.800 bits per heavy atom. The van der Waals surface area contributed by atoms with Crippen molar-refractivity contribution in [3.8, 4) is 0 Å². The molecule has 1 unspecified atom stereocenters. The fourth-order valence-electron chi connectivity index (χ4n) is 2.16. The molecule has 0 aliphatic rings. The number of rotatable bonds is 8. The van der Waals surface area contributed by atoms with E-state index in [9.17, 15) is 0 Å². The predicted octanol–water partition coefficient (Wildman–Crippen LogP) is 2.36. The Labute approximate surface area is 96.2 Å². The molecule has 0 radical (unpaired) electrons. The van der Waals surface area contributed by atoms with Gasteiger partial charge in [0, 0.05) is 0 Å². The van der Waals surface area contributed by atoms with Gasteiger partial charge in [-0.05, 0) is 50.4 Å². The van der Waals surface area contributed by atoms with Crippen molar-refractivity contribution < 1.29 is 0 Å². The first-order valence-electron chi connectivity index (χ1n) is 6.34. The van der Waals surface area contributed by atoms with Crippen molar-refractivity contribution in [1.82, 2.24) is 10.6 Å². The molecular weight excluding hydrogens is 184 g/mol. The van der Waals surface area contributed by atoms with Crippen LogP contribution in [0.25, 0.3) is 0 Å². The highest BCUT2D eigenvalue weighted by atomic mass is 14.9. The van der Waals surface area contributed by atoms with Gasteiger partial charge >= 0.3 is 0 Å². The van der Waals surface area contributed by atoms with E-state index in [2.05, 4.69) is 45.3 Å². The molecule has 0 aromatic carbocycles. The first-order chi connectivity index (χ1) is 6.99. The second-order valence-electron chi connectivity index (χ2n) is 5.47. The minimum atomic E-state index is 0.718. The fourth-order valence-corrected chi connectivity index (χ4v) is 2.16. The van der Waals surface area contributed by atoms with Crippen LogP contribution < -0.4 is 10.6 Å². The van der Waals surface area contributed by atoms with Crippen LogP contribution >= 0.6 is 0 Å². The van der Waals surface area contributed by atoms with Crippen LogP contribution in [0, 0.1) is 23.7 Å². The van der Waals surface area contributed by atoms with Gasteiger partial charge in [-0.3, -0.25) is 0 Å². The maximum atomic E-state index is 3.59. The zero-order chi connectivity index (χ0) is 11.8. The molecule has 0 aromatic heterocycles. The summed E-state index contributed by atoms with van der Waals surface area (Å²) in [6.45, 7) is 14.9. The molecule has 0 rings (SSSR count). The van der Waals surface area contributed by atoms with E-state index in [0.717, 1.165) is 43.3 Å². The SMILES string of the molecule is CNCC(C)CNCC(C(C)C)C(C)C. The van der Waals surface area contributed by atoms with E-state index < -0.39 is 0 Å². The van der Waals surface area contributed by atoms with Gasteiger partial charge in [0.25, 0.3) is 0 Å². The smallest absolute Gasteiger partial charge is 0.00109 e. The predicted molar refractivity (Wildman–Crippen MR) is 69.1 cm³/mol. The minimum absolute atomic E-state index is 0.718. The summed E-state index contributed by atoms with van der Waals surface area (Å²) in [5, 5.41) is 6.80. The van der Waals surface area contributed by atoms with E-state index >= 15 is 0 Å². The summed E-state index contributed by atoms with van der Waals surface area (Å²) in [5.41, 5.74) is 0. The van der Waals surface area contributed by atoms with Crippen LogP contribution in [0.5, 0.6) is 0 Å². The summed E-state index contributed by atoms with van der Waals surface area (Å²) in [5.74, 6) is 3.07. The Bertz CT molecular complexity index is 135. The largest absolute Gasteiger partial charge is 0.319 e. The molecule has 0 aliphatic carbocycles. The van der Waals surface area contributed by atoms with Gasteiger partial charge in [-0.25, -0.2) is 0 Å². The Balaban J connectivity index is 3.71. The zero-order valence-corrected chi connectivity index (χ0v) is 11.4. The lowest BCUT2D eigenvalue weighted by Crippen LogP contribution is -2.34. The van der Waals surface area contributed by atoms with Gasteiger partial charge in [0.15, 0.2) is 0 Å². The van der Waals surface area contributed by atoms with Crippen molar-refractivity contribution in [1.29, 1.82) is 0 Å². The molecule has 0 bridgehead atoms. The van der Waals surface area contributed by atoms with Crippen LogP contribution in [-0.2, 0) is 0 Å². The average Bonchev–Trinajstić information content (AvgIpc) is 2.11. The lowest BCUT2D eigenvalue weighted by Gasteiger charge is -2.26. The van der Waals surface area contributed by atoms with E-state index in [1.165, 1.54) is 0 Å². The first-order valence-corrected chi connectivity index (χ1v) is 6.34. The Hall–Kier alpha value is -0.0800. The minimum Gasteiger partial charge on any atom is -0.319 e. The highest BCUT2D eigenvalue weighted by Crippen LogP contribution is 2.19. The summed E-state index contributed by atoms with van der Waals surface area (Å²) < 4.78 is 0. The molecule has 92 valence electrons. The molecule has 0 saturated carbocycles. The molecule has 0 fully saturated rings. The number of hydrogen-bond acceptors (Lipinski definition) is 2. The van der Waals surface area contributed by atoms with Gasteiger partial charge in [-0.1, -0.05) is 34.6 Å². The third kappa shape index (κ3) is 6.91. The molecule has 0 spiro atoms. The Morgan fingerprint density at radius 3 is 1.73 bits per heavy atom. The molecule has 0 amide bonds. The van der Waals surface area contributed by atoms with E-state index in [1.807, 2.05) is 7.05 Å². The van der Waals surface area contributed by atoms with Gasteiger partial charge < -0.3 is 10.6 Å². The monoisotopic (exact) mass is 214 g/mol. The Kier molecular flexibility index (Phi) is 8.07. The van der Waals surface area contributed by atoms with Gasteiger partial charge in [0.1, 0.15) is 0 Å². The molecule has 2 heteroatoms. The molecule has 0 aromatic rings. The van der Waals surface area contributed by atoms with Crippen LogP contribution in [0.4, 0.5) is 0 Å². The van der Waals surface area contributed by atoms with E-state index in [0.29, 0.717) is 0 Å². The maximum Gasteiger partial charge on any atom is -0.00109 e. The summed E-state index contributed by atoms with van der Waals surface area (Å²) in [6.07, 6.45) is 0. The third-order valence-electron chi connectivity index (χ3n) is 3.14. The van der Waals surface area contributed by atoms with Crippen LogP contribution in [0.2, 0.25) is 0 Å². The van der Waals surface area contributed by atoms with E-state index in [1.54, 1.807) is 0 Å². The quantitative estimate of drug-likeness (QED) is 0.648. The lowest BCUT2D eigenvalue weighted by molar-refractivity contribution is 0.271. The molecule has 2 nitrogen and oxygen atoms in total. The van der Waals surface area contributed by atoms with Crippen LogP contribution in [0.3, 0.4) is 0 Å². The molecular formula is C13H30N2. The summed E-state index contributed by atoms with van der Waals surface area (Å²) in [7, 11) is 2.02. The Morgan fingerprint density at radius 2 is 1.33 bits per heavy atom. The second-order valence-corrected chi connectivity index (χ2v) is 5.47. The molecule has 0 heterocycles. The maximum absolute atomic E-state index is 3.59. The van der Waals surface area contributed by atoms with Crippen molar-refractivity contribution in [2.45, 2.75) is 34.6 Å². The van der Waals surface area contributed by atoms with Crippen LogP contribution in [0.15, 0.2) is 0 Å². The zero-order valence-electron chi connectivity index (χ0n) is 11.4. The number of hydrogen-bond donors (Lipinski definition) is 2. The van der Waals surface area contributed by atoms with Crippen molar-refractivity contribution in [2.75, 3.05) is 26.7 Å². The van der Waals surface area contributed by atoms with Gasteiger partial charge in [-0.2, -0.15) is 0 Å². The average molecular weight is 214 g/mol. The van der Waals surface area contributed by atoms with E-state index in [4.69, 9.17) is 0 Å². The molecule has 2 N–H and O–H groups in total. The van der Waals surface area contributed by atoms with Gasteiger partial charge in [0.2, 0.25) is 0 Å². The summed E-state index contributed by atoms with van der Waals surface area (Å²) in [6, 6.07) is 0. The molecule has 1 atom stereocenters. The molecule has 0 aliphatic heterocycles. The normalized spacial score (nSPS) is 14.2. The van der Waals surface area contributed by atoms with Crippen molar-refractivity contribution >= 4 is 0 Å². The topological polar surface area (TPSA) is 24.1 Å². The van der Waals surface area contributed by atoms with Crippen LogP contribution in [0.1, 0.15) is 34.6 Å². The summed E-state index contributed by atoms with van der Waals surface area (Å²) in [4.78, 5) is 0. The third-order valence-corrected chi connectivity index (χ3v) is 3.14. The van der Waals surface area contributed by atoms with Crippen molar-refractivity contribution in [2.24, 2.45) is 23.7 Å². The number of nitrogens with one attached hydrogen (secondary N) is 2. The first kappa shape index (κ1) is 14.9. The van der Waals surface area contributed by atoms with Gasteiger partial charge in [0.05, 0.1) is 0 Å². The van der Waals surface area contributed by atoms with Crippen molar-refractivity contribution in [3.63, 3.8) is 0 Å². The lowest BCUT2D eigenvalue weighted by atomic mass is 9.85. The standard InChI is InChI=1S/C13H30N2/c1-10(2)13(11(3)4)9-15-8-12(5)7-14-6/h10-15H,7-9H2,1-6H3. The molecule has 15 heavy (non-hydrogen) atoms. The van der Waals surface area contributed by atoms with E-state index in [-0.39, 0.29) is 0 Å².